The maximum Gasteiger partial charge on any atom is 0.0672 e. The van der Waals surface area contributed by atoms with Gasteiger partial charge in [0.15, 0.2) is 0 Å². The number of aliphatic hydroxyl groups is 1. The second-order valence-corrected chi connectivity index (χ2v) is 11.7. The molecule has 0 bridgehead atoms. The van der Waals surface area contributed by atoms with Crippen molar-refractivity contribution in [1.29, 1.82) is 0 Å². The number of piperidine rings is 1. The van der Waals surface area contributed by atoms with Gasteiger partial charge >= 0.3 is 0 Å². The minimum Gasteiger partial charge on any atom is -0.390 e. The van der Waals surface area contributed by atoms with Crippen molar-refractivity contribution in [2.45, 2.75) is 57.1 Å². The van der Waals surface area contributed by atoms with Crippen LogP contribution in [0, 0.1) is 12.8 Å². The summed E-state index contributed by atoms with van der Waals surface area (Å²) in [5.41, 5.74) is 5.16. The zero-order valence-electron chi connectivity index (χ0n) is 21.1. The van der Waals surface area contributed by atoms with Gasteiger partial charge in [-0.1, -0.05) is 60.2 Å². The van der Waals surface area contributed by atoms with E-state index in [0.717, 1.165) is 71.4 Å². The molecule has 0 aliphatic carbocycles. The Morgan fingerprint density at radius 3 is 2.40 bits per heavy atom. The molecule has 0 amide bonds. The van der Waals surface area contributed by atoms with Gasteiger partial charge in [-0.2, -0.15) is 11.3 Å². The van der Waals surface area contributed by atoms with Crippen molar-refractivity contribution in [1.82, 2.24) is 9.80 Å². The Labute approximate surface area is 215 Å². The van der Waals surface area contributed by atoms with E-state index in [1.165, 1.54) is 22.3 Å². The second kappa shape index (κ2) is 11.4. The average Bonchev–Trinajstić information content (AvgIpc) is 3.53. The highest BCUT2D eigenvalue weighted by molar-refractivity contribution is 7.08. The highest BCUT2D eigenvalue weighted by atomic mass is 32.1. The fourth-order valence-electron chi connectivity index (χ4n) is 6.09. The van der Waals surface area contributed by atoms with Gasteiger partial charge in [-0.15, -0.1) is 0 Å². The van der Waals surface area contributed by atoms with Crippen molar-refractivity contribution in [3.63, 3.8) is 0 Å². The molecule has 4 heteroatoms. The molecule has 5 rings (SSSR count). The number of nitrogens with zero attached hydrogens (tertiary/aromatic N) is 2. The zero-order valence-corrected chi connectivity index (χ0v) is 21.9. The van der Waals surface area contributed by atoms with Crippen molar-refractivity contribution >= 4 is 11.3 Å². The predicted molar refractivity (Wildman–Crippen MR) is 147 cm³/mol. The number of aryl methyl sites for hydroxylation is 2. The fraction of sp³-hybridized carbons (Fsp3) is 0.484. The molecular weight excluding hydrogens is 448 g/mol. The molecule has 1 aromatic heterocycles. The molecule has 0 spiro atoms. The number of thiophene rings is 1. The molecular formula is C31H40N2OS. The lowest BCUT2D eigenvalue weighted by atomic mass is 9.84. The molecule has 3 heterocycles. The molecule has 3 aromatic rings. The quantitative estimate of drug-likeness (QED) is 0.393. The SMILES string of the molecule is Cc1ccc(CN2CC(CN3CCC(O)(CCCc4ccccc4)CC3)C(c3ccsc3)C2)cc1. The van der Waals surface area contributed by atoms with Crippen LogP contribution in [0.3, 0.4) is 0 Å². The molecule has 0 radical (unpaired) electrons. The third kappa shape index (κ3) is 6.62. The van der Waals surface area contributed by atoms with Gasteiger partial charge in [0.25, 0.3) is 0 Å². The number of likely N-dealkylation sites (tertiary alicyclic amines) is 2. The van der Waals surface area contributed by atoms with E-state index in [9.17, 15) is 5.11 Å². The van der Waals surface area contributed by atoms with E-state index in [1.54, 1.807) is 0 Å². The summed E-state index contributed by atoms with van der Waals surface area (Å²) in [5.74, 6) is 1.26. The topological polar surface area (TPSA) is 26.7 Å². The minimum atomic E-state index is -0.481. The summed E-state index contributed by atoms with van der Waals surface area (Å²) in [6.45, 7) is 8.69. The Morgan fingerprint density at radius 2 is 1.69 bits per heavy atom. The van der Waals surface area contributed by atoms with Gasteiger partial charge in [0.1, 0.15) is 0 Å². The van der Waals surface area contributed by atoms with Gasteiger partial charge in [0, 0.05) is 45.2 Å². The van der Waals surface area contributed by atoms with E-state index in [2.05, 4.69) is 88.1 Å². The summed E-state index contributed by atoms with van der Waals surface area (Å²) < 4.78 is 0. The molecule has 3 nitrogen and oxygen atoms in total. The van der Waals surface area contributed by atoms with Gasteiger partial charge in [-0.05, 0) is 78.5 Å². The van der Waals surface area contributed by atoms with Crippen LogP contribution in [0.4, 0.5) is 0 Å². The smallest absolute Gasteiger partial charge is 0.0672 e. The molecule has 1 N–H and O–H groups in total. The lowest BCUT2D eigenvalue weighted by Crippen LogP contribution is -2.46. The molecule has 2 saturated heterocycles. The maximum absolute atomic E-state index is 11.2. The minimum absolute atomic E-state index is 0.481. The van der Waals surface area contributed by atoms with E-state index in [1.807, 2.05) is 11.3 Å². The second-order valence-electron chi connectivity index (χ2n) is 11.0. The summed E-state index contributed by atoms with van der Waals surface area (Å²) in [6.07, 6.45) is 4.86. The molecule has 35 heavy (non-hydrogen) atoms. The van der Waals surface area contributed by atoms with Crippen LogP contribution >= 0.6 is 11.3 Å². The molecule has 0 saturated carbocycles. The van der Waals surface area contributed by atoms with Crippen LogP contribution in [-0.2, 0) is 13.0 Å². The van der Waals surface area contributed by atoms with Crippen molar-refractivity contribution in [2.75, 3.05) is 32.7 Å². The molecule has 2 unspecified atom stereocenters. The first-order chi connectivity index (χ1) is 17.1. The standard InChI is InChI=1S/C31H40N2OS/c1-25-9-11-27(12-10-25)20-33-22-29(30(23-33)28-13-19-35-24-28)21-32-17-15-31(34,16-18-32)14-5-8-26-6-3-2-4-7-26/h2-4,6-7,9-13,19,24,29-30,34H,5,8,14-18,20-23H2,1H3. The van der Waals surface area contributed by atoms with Gasteiger partial charge in [-0.3, -0.25) is 4.90 Å². The summed E-state index contributed by atoms with van der Waals surface area (Å²) >= 11 is 1.82. The summed E-state index contributed by atoms with van der Waals surface area (Å²) in [5, 5.41) is 15.8. The molecule has 2 aliphatic heterocycles. The Balaban J connectivity index is 1.14. The first kappa shape index (κ1) is 24.7. The van der Waals surface area contributed by atoms with E-state index in [4.69, 9.17) is 0 Å². The van der Waals surface area contributed by atoms with Gasteiger partial charge < -0.3 is 10.0 Å². The molecule has 2 fully saturated rings. The monoisotopic (exact) mass is 488 g/mol. The third-order valence-electron chi connectivity index (χ3n) is 8.24. The van der Waals surface area contributed by atoms with Crippen molar-refractivity contribution in [3.05, 3.63) is 93.7 Å². The van der Waals surface area contributed by atoms with Crippen LogP contribution in [0.15, 0.2) is 71.4 Å². The molecule has 2 aromatic carbocycles. The van der Waals surface area contributed by atoms with Gasteiger partial charge in [-0.25, -0.2) is 0 Å². The van der Waals surface area contributed by atoms with E-state index < -0.39 is 5.60 Å². The van der Waals surface area contributed by atoms with Gasteiger partial charge in [0.05, 0.1) is 5.60 Å². The van der Waals surface area contributed by atoms with Crippen LogP contribution in [-0.4, -0.2) is 53.2 Å². The number of hydrogen-bond donors (Lipinski definition) is 1. The molecule has 186 valence electrons. The van der Waals surface area contributed by atoms with Crippen molar-refractivity contribution in [3.8, 4) is 0 Å². The summed E-state index contributed by atoms with van der Waals surface area (Å²) in [7, 11) is 0. The summed E-state index contributed by atoms with van der Waals surface area (Å²) in [4.78, 5) is 5.28. The fourth-order valence-corrected chi connectivity index (χ4v) is 6.81. The van der Waals surface area contributed by atoms with Crippen LogP contribution in [0.1, 0.15) is 53.9 Å². The van der Waals surface area contributed by atoms with Crippen LogP contribution < -0.4 is 0 Å². The predicted octanol–water partition coefficient (Wildman–Crippen LogP) is 6.12. The first-order valence-electron chi connectivity index (χ1n) is 13.3. The Morgan fingerprint density at radius 1 is 0.914 bits per heavy atom. The van der Waals surface area contributed by atoms with E-state index in [0.29, 0.717) is 11.8 Å². The normalized spacial score (nSPS) is 23.0. The molecule has 2 atom stereocenters. The van der Waals surface area contributed by atoms with Crippen LogP contribution in [0.2, 0.25) is 0 Å². The Hall–Kier alpha value is -1.98. The summed E-state index contributed by atoms with van der Waals surface area (Å²) in [6, 6.07) is 22.0. The number of rotatable bonds is 9. The van der Waals surface area contributed by atoms with Crippen LogP contribution in [0.5, 0.6) is 0 Å². The third-order valence-corrected chi connectivity index (χ3v) is 8.95. The highest BCUT2D eigenvalue weighted by Gasteiger charge is 2.37. The van der Waals surface area contributed by atoms with Crippen molar-refractivity contribution < 1.29 is 5.11 Å². The molecule has 2 aliphatic rings. The first-order valence-corrected chi connectivity index (χ1v) is 14.3. The number of benzene rings is 2. The average molecular weight is 489 g/mol. The van der Waals surface area contributed by atoms with E-state index >= 15 is 0 Å². The van der Waals surface area contributed by atoms with Gasteiger partial charge in [0.2, 0.25) is 0 Å². The Kier molecular flexibility index (Phi) is 8.04. The largest absolute Gasteiger partial charge is 0.390 e. The maximum atomic E-state index is 11.2. The van der Waals surface area contributed by atoms with Crippen molar-refractivity contribution in [2.24, 2.45) is 5.92 Å². The number of hydrogen-bond acceptors (Lipinski definition) is 4. The lowest BCUT2D eigenvalue weighted by Gasteiger charge is -2.39. The highest BCUT2D eigenvalue weighted by Crippen LogP contribution is 2.36. The van der Waals surface area contributed by atoms with Crippen LogP contribution in [0.25, 0.3) is 0 Å². The zero-order chi connectivity index (χ0) is 24.1. The Bertz CT molecular complexity index is 1030. The lowest BCUT2D eigenvalue weighted by molar-refractivity contribution is -0.0316. The van der Waals surface area contributed by atoms with E-state index in [-0.39, 0.29) is 0 Å².